The van der Waals surface area contributed by atoms with Gasteiger partial charge in [0.25, 0.3) is 0 Å². The SMILES string of the molecule is CC(=O)N(c1ccccc1)c1nc(/C=C/C(=O)Nc2ccc3oc(C(C)C)nc3c2)cs1. The van der Waals surface area contributed by atoms with E-state index in [2.05, 4.69) is 15.3 Å². The first-order chi connectivity index (χ1) is 15.4. The molecule has 0 saturated heterocycles. The Morgan fingerprint density at radius 3 is 2.62 bits per heavy atom. The largest absolute Gasteiger partial charge is 0.440 e. The summed E-state index contributed by atoms with van der Waals surface area (Å²) in [5, 5.41) is 5.16. The average molecular weight is 447 g/mol. The normalized spacial score (nSPS) is 11.4. The third kappa shape index (κ3) is 4.76. The van der Waals surface area contributed by atoms with Gasteiger partial charge in [0.2, 0.25) is 11.8 Å². The lowest BCUT2D eigenvalue weighted by Crippen LogP contribution is -2.22. The van der Waals surface area contributed by atoms with Crippen molar-refractivity contribution in [3.8, 4) is 0 Å². The molecule has 0 saturated carbocycles. The van der Waals surface area contributed by atoms with Crippen molar-refractivity contribution >= 4 is 56.8 Å². The molecule has 0 unspecified atom stereocenters. The summed E-state index contributed by atoms with van der Waals surface area (Å²) in [6.45, 7) is 5.52. The maximum absolute atomic E-state index is 12.4. The molecule has 7 nitrogen and oxygen atoms in total. The smallest absolute Gasteiger partial charge is 0.248 e. The minimum absolute atomic E-state index is 0.136. The Hall–Kier alpha value is -3.78. The molecule has 2 aromatic carbocycles. The maximum atomic E-state index is 12.4. The first-order valence-electron chi connectivity index (χ1n) is 10.1. The fraction of sp³-hybridized carbons (Fsp3) is 0.167. The van der Waals surface area contributed by atoms with Crippen LogP contribution in [0.3, 0.4) is 0 Å². The van der Waals surface area contributed by atoms with E-state index in [1.807, 2.05) is 44.2 Å². The Kier molecular flexibility index (Phi) is 6.13. The van der Waals surface area contributed by atoms with Gasteiger partial charge in [-0.25, -0.2) is 9.97 Å². The molecule has 4 rings (SSSR count). The summed E-state index contributed by atoms with van der Waals surface area (Å²) >= 11 is 1.33. The monoisotopic (exact) mass is 446 g/mol. The van der Waals surface area contributed by atoms with Gasteiger partial charge >= 0.3 is 0 Å². The molecule has 32 heavy (non-hydrogen) atoms. The second kappa shape index (κ2) is 9.15. The van der Waals surface area contributed by atoms with Gasteiger partial charge in [-0.3, -0.25) is 14.5 Å². The standard InChI is InChI=1S/C24H22N4O3S/c1-15(2)23-27-20-13-17(9-11-21(20)31-23)25-22(30)12-10-18-14-32-24(26-18)28(16(3)29)19-7-5-4-6-8-19/h4-15H,1-3H3,(H,25,30)/b12-10+. The van der Waals surface area contributed by atoms with Crippen molar-refractivity contribution in [1.82, 2.24) is 9.97 Å². The predicted molar refractivity (Wildman–Crippen MR) is 127 cm³/mol. The molecule has 2 aromatic heterocycles. The summed E-state index contributed by atoms with van der Waals surface area (Å²) in [6, 6.07) is 14.7. The van der Waals surface area contributed by atoms with Crippen molar-refractivity contribution in [2.45, 2.75) is 26.7 Å². The number of amides is 2. The van der Waals surface area contributed by atoms with Gasteiger partial charge < -0.3 is 9.73 Å². The Balaban J connectivity index is 1.45. The molecular formula is C24H22N4O3S. The maximum Gasteiger partial charge on any atom is 0.248 e. The van der Waals surface area contributed by atoms with Gasteiger partial charge in [-0.2, -0.15) is 0 Å². The number of nitrogens with one attached hydrogen (secondary N) is 1. The number of rotatable bonds is 6. The van der Waals surface area contributed by atoms with E-state index < -0.39 is 0 Å². The minimum Gasteiger partial charge on any atom is -0.440 e. The van der Waals surface area contributed by atoms with E-state index in [-0.39, 0.29) is 17.7 Å². The van der Waals surface area contributed by atoms with E-state index in [1.54, 1.807) is 34.6 Å². The van der Waals surface area contributed by atoms with Crippen LogP contribution in [0, 0.1) is 0 Å². The third-order valence-electron chi connectivity index (χ3n) is 4.60. The first kappa shape index (κ1) is 21.5. The van der Waals surface area contributed by atoms with Gasteiger partial charge in [-0.15, -0.1) is 11.3 Å². The van der Waals surface area contributed by atoms with Crippen LogP contribution in [-0.4, -0.2) is 21.8 Å². The fourth-order valence-corrected chi connectivity index (χ4v) is 3.93. The lowest BCUT2D eigenvalue weighted by atomic mass is 10.2. The predicted octanol–water partition coefficient (Wildman–Crippen LogP) is 5.74. The van der Waals surface area contributed by atoms with Crippen molar-refractivity contribution in [2.24, 2.45) is 0 Å². The molecule has 0 aliphatic rings. The van der Waals surface area contributed by atoms with Crippen LogP contribution in [0.2, 0.25) is 0 Å². The number of fused-ring (bicyclic) bond motifs is 1. The summed E-state index contributed by atoms with van der Waals surface area (Å²) < 4.78 is 5.69. The lowest BCUT2D eigenvalue weighted by Gasteiger charge is -2.17. The molecule has 0 spiro atoms. The number of para-hydroxylation sites is 1. The molecule has 4 aromatic rings. The number of carbonyl (C=O) groups is 2. The van der Waals surface area contributed by atoms with Gasteiger partial charge in [0.15, 0.2) is 16.6 Å². The summed E-state index contributed by atoms with van der Waals surface area (Å²) in [7, 11) is 0. The van der Waals surface area contributed by atoms with Crippen molar-refractivity contribution in [3.05, 3.63) is 71.6 Å². The number of nitrogens with zero attached hydrogens (tertiary/aromatic N) is 3. The topological polar surface area (TPSA) is 88.3 Å². The fourth-order valence-electron chi connectivity index (χ4n) is 3.07. The highest BCUT2D eigenvalue weighted by atomic mass is 32.1. The number of hydrogen-bond donors (Lipinski definition) is 1. The number of aromatic nitrogens is 2. The summed E-state index contributed by atoms with van der Waals surface area (Å²) in [5.41, 5.74) is 3.35. The minimum atomic E-state index is -0.294. The first-order valence-corrected chi connectivity index (χ1v) is 11.0. The average Bonchev–Trinajstić information content (AvgIpc) is 3.40. The highest BCUT2D eigenvalue weighted by Crippen LogP contribution is 2.29. The third-order valence-corrected chi connectivity index (χ3v) is 5.45. The zero-order valence-electron chi connectivity index (χ0n) is 17.9. The van der Waals surface area contributed by atoms with Crippen LogP contribution in [-0.2, 0) is 9.59 Å². The van der Waals surface area contributed by atoms with E-state index in [4.69, 9.17) is 4.42 Å². The van der Waals surface area contributed by atoms with Gasteiger partial charge in [0.05, 0.1) is 11.4 Å². The molecule has 0 bridgehead atoms. The quantitative estimate of drug-likeness (QED) is 0.381. The molecule has 0 radical (unpaired) electrons. The molecule has 0 aliphatic carbocycles. The zero-order valence-corrected chi connectivity index (χ0v) is 18.7. The number of benzene rings is 2. The molecule has 0 atom stereocenters. The number of oxazole rings is 1. The Bertz CT molecular complexity index is 1290. The molecule has 1 N–H and O–H groups in total. The second-order valence-electron chi connectivity index (χ2n) is 7.46. The molecule has 0 aliphatic heterocycles. The van der Waals surface area contributed by atoms with Crippen LogP contribution < -0.4 is 10.2 Å². The highest BCUT2D eigenvalue weighted by molar-refractivity contribution is 7.14. The van der Waals surface area contributed by atoms with Crippen LogP contribution in [0.1, 0.15) is 38.3 Å². The Labute approximate surface area is 189 Å². The molecule has 0 fully saturated rings. The van der Waals surface area contributed by atoms with Crippen molar-refractivity contribution in [3.63, 3.8) is 0 Å². The lowest BCUT2D eigenvalue weighted by molar-refractivity contribution is -0.116. The van der Waals surface area contributed by atoms with Crippen LogP contribution in [0.5, 0.6) is 0 Å². The number of hydrogen-bond acceptors (Lipinski definition) is 6. The van der Waals surface area contributed by atoms with E-state index in [0.29, 0.717) is 33.5 Å². The second-order valence-corrected chi connectivity index (χ2v) is 8.29. The Morgan fingerprint density at radius 1 is 1.12 bits per heavy atom. The number of thiazole rings is 1. The molecule has 2 amide bonds. The Morgan fingerprint density at radius 2 is 1.91 bits per heavy atom. The van der Waals surface area contributed by atoms with Gasteiger partial charge in [-0.1, -0.05) is 32.0 Å². The van der Waals surface area contributed by atoms with Crippen LogP contribution >= 0.6 is 11.3 Å². The van der Waals surface area contributed by atoms with Crippen LogP contribution in [0.25, 0.3) is 17.2 Å². The summed E-state index contributed by atoms with van der Waals surface area (Å²) in [5.74, 6) is 0.422. The van der Waals surface area contributed by atoms with E-state index in [1.165, 1.54) is 24.3 Å². The molecule has 8 heteroatoms. The highest BCUT2D eigenvalue weighted by Gasteiger charge is 2.17. The molecular weight excluding hydrogens is 424 g/mol. The van der Waals surface area contributed by atoms with Gasteiger partial charge in [0.1, 0.15) is 5.52 Å². The van der Waals surface area contributed by atoms with Crippen LogP contribution in [0.4, 0.5) is 16.5 Å². The number of anilines is 3. The van der Waals surface area contributed by atoms with Crippen molar-refractivity contribution in [1.29, 1.82) is 0 Å². The van der Waals surface area contributed by atoms with E-state index >= 15 is 0 Å². The van der Waals surface area contributed by atoms with Crippen molar-refractivity contribution in [2.75, 3.05) is 10.2 Å². The van der Waals surface area contributed by atoms with Crippen molar-refractivity contribution < 1.29 is 14.0 Å². The van der Waals surface area contributed by atoms with Gasteiger partial charge in [0, 0.05) is 30.0 Å². The molecule has 2 heterocycles. The van der Waals surface area contributed by atoms with Gasteiger partial charge in [-0.05, 0) is 36.4 Å². The zero-order chi connectivity index (χ0) is 22.7. The summed E-state index contributed by atoms with van der Waals surface area (Å²) in [4.78, 5) is 35.0. The summed E-state index contributed by atoms with van der Waals surface area (Å²) in [6.07, 6.45) is 3.02. The van der Waals surface area contributed by atoms with E-state index in [0.717, 1.165) is 5.69 Å². The van der Waals surface area contributed by atoms with Crippen LogP contribution in [0.15, 0.2) is 64.4 Å². The number of carbonyl (C=O) groups excluding carboxylic acids is 2. The van der Waals surface area contributed by atoms with E-state index in [9.17, 15) is 9.59 Å². The molecule has 162 valence electrons.